The SMILES string of the molecule is O=C(NCC1CN(c2ccccc2)C(=O)CO1)c1ccccc1F. The van der Waals surface area contributed by atoms with Gasteiger partial charge >= 0.3 is 0 Å². The first-order valence-corrected chi connectivity index (χ1v) is 7.65. The van der Waals surface area contributed by atoms with E-state index in [9.17, 15) is 14.0 Å². The van der Waals surface area contributed by atoms with Crippen molar-refractivity contribution in [2.45, 2.75) is 6.10 Å². The summed E-state index contributed by atoms with van der Waals surface area (Å²) in [5, 5.41) is 2.65. The lowest BCUT2D eigenvalue weighted by atomic mass is 10.2. The van der Waals surface area contributed by atoms with Gasteiger partial charge in [0, 0.05) is 12.2 Å². The zero-order valence-electron chi connectivity index (χ0n) is 12.9. The maximum atomic E-state index is 13.6. The monoisotopic (exact) mass is 328 g/mol. The quantitative estimate of drug-likeness (QED) is 0.934. The van der Waals surface area contributed by atoms with Gasteiger partial charge < -0.3 is 15.0 Å². The van der Waals surface area contributed by atoms with Crippen LogP contribution in [0.5, 0.6) is 0 Å². The van der Waals surface area contributed by atoms with Gasteiger partial charge in [0.1, 0.15) is 12.4 Å². The maximum absolute atomic E-state index is 13.6. The van der Waals surface area contributed by atoms with Gasteiger partial charge in [0.05, 0.1) is 18.2 Å². The van der Waals surface area contributed by atoms with Crippen LogP contribution in [-0.2, 0) is 9.53 Å². The van der Waals surface area contributed by atoms with E-state index < -0.39 is 11.7 Å². The minimum absolute atomic E-state index is 0.00991. The highest BCUT2D eigenvalue weighted by Crippen LogP contribution is 2.18. The van der Waals surface area contributed by atoms with Gasteiger partial charge in [-0.05, 0) is 24.3 Å². The number of hydrogen-bond acceptors (Lipinski definition) is 3. The number of nitrogens with one attached hydrogen (secondary N) is 1. The number of rotatable bonds is 4. The second-order valence-electron chi connectivity index (χ2n) is 5.46. The second-order valence-corrected chi connectivity index (χ2v) is 5.46. The van der Waals surface area contributed by atoms with E-state index in [2.05, 4.69) is 5.32 Å². The third-order valence-electron chi connectivity index (χ3n) is 3.81. The Morgan fingerprint density at radius 3 is 2.62 bits per heavy atom. The van der Waals surface area contributed by atoms with Crippen LogP contribution in [0.3, 0.4) is 0 Å². The van der Waals surface area contributed by atoms with Crippen molar-refractivity contribution in [3.63, 3.8) is 0 Å². The molecule has 2 amide bonds. The molecule has 0 spiro atoms. The molecule has 1 aliphatic rings. The molecule has 1 heterocycles. The fourth-order valence-electron chi connectivity index (χ4n) is 2.55. The molecule has 0 aliphatic carbocycles. The van der Waals surface area contributed by atoms with Crippen LogP contribution in [-0.4, -0.2) is 37.6 Å². The third kappa shape index (κ3) is 3.60. The molecule has 2 aromatic carbocycles. The second kappa shape index (κ2) is 7.23. The van der Waals surface area contributed by atoms with E-state index in [1.807, 2.05) is 30.3 Å². The van der Waals surface area contributed by atoms with Gasteiger partial charge in [0.2, 0.25) is 0 Å². The van der Waals surface area contributed by atoms with Crippen molar-refractivity contribution in [2.24, 2.45) is 0 Å². The molecule has 124 valence electrons. The van der Waals surface area contributed by atoms with Crippen LogP contribution in [0.4, 0.5) is 10.1 Å². The lowest BCUT2D eigenvalue weighted by Gasteiger charge is -2.32. The highest BCUT2D eigenvalue weighted by molar-refractivity contribution is 5.95. The number of nitrogens with zero attached hydrogens (tertiary/aromatic N) is 1. The molecule has 5 nitrogen and oxygen atoms in total. The van der Waals surface area contributed by atoms with Gasteiger partial charge in [-0.1, -0.05) is 30.3 Å². The van der Waals surface area contributed by atoms with Crippen LogP contribution in [0, 0.1) is 5.82 Å². The van der Waals surface area contributed by atoms with E-state index in [1.165, 1.54) is 18.2 Å². The molecule has 24 heavy (non-hydrogen) atoms. The number of halogens is 1. The average molecular weight is 328 g/mol. The van der Waals surface area contributed by atoms with Crippen molar-refractivity contribution < 1.29 is 18.7 Å². The number of carbonyl (C=O) groups excluding carboxylic acids is 2. The molecule has 1 unspecified atom stereocenters. The highest BCUT2D eigenvalue weighted by atomic mass is 19.1. The van der Waals surface area contributed by atoms with Gasteiger partial charge in [-0.25, -0.2) is 4.39 Å². The van der Waals surface area contributed by atoms with Gasteiger partial charge in [0.15, 0.2) is 0 Å². The maximum Gasteiger partial charge on any atom is 0.254 e. The molecule has 0 aromatic heterocycles. The number of anilines is 1. The molecular weight excluding hydrogens is 311 g/mol. The summed E-state index contributed by atoms with van der Waals surface area (Å²) in [4.78, 5) is 25.7. The highest BCUT2D eigenvalue weighted by Gasteiger charge is 2.27. The summed E-state index contributed by atoms with van der Waals surface area (Å²) in [6.07, 6.45) is -0.348. The van der Waals surface area contributed by atoms with Gasteiger partial charge in [-0.2, -0.15) is 0 Å². The number of hydrogen-bond donors (Lipinski definition) is 1. The summed E-state index contributed by atoms with van der Waals surface area (Å²) in [6.45, 7) is 0.485. The predicted octanol–water partition coefficient (Wildman–Crippen LogP) is 1.99. The number of carbonyl (C=O) groups is 2. The Morgan fingerprint density at radius 2 is 1.88 bits per heavy atom. The lowest BCUT2D eigenvalue weighted by molar-refractivity contribution is -0.129. The normalized spacial score (nSPS) is 17.6. The summed E-state index contributed by atoms with van der Waals surface area (Å²) < 4.78 is 19.1. The summed E-state index contributed by atoms with van der Waals surface area (Å²) in [5.74, 6) is -1.20. The molecule has 1 fully saturated rings. The number of amides is 2. The van der Waals surface area contributed by atoms with E-state index in [1.54, 1.807) is 11.0 Å². The molecule has 3 rings (SSSR count). The Morgan fingerprint density at radius 1 is 1.17 bits per heavy atom. The summed E-state index contributed by atoms with van der Waals surface area (Å²) in [5.41, 5.74) is 0.778. The van der Waals surface area contributed by atoms with Crippen LogP contribution in [0.1, 0.15) is 10.4 Å². The van der Waals surface area contributed by atoms with Crippen molar-refractivity contribution in [2.75, 3.05) is 24.6 Å². The summed E-state index contributed by atoms with van der Waals surface area (Å²) in [7, 11) is 0. The Kier molecular flexibility index (Phi) is 4.86. The van der Waals surface area contributed by atoms with E-state index >= 15 is 0 Å². The minimum atomic E-state index is -0.569. The Hall–Kier alpha value is -2.73. The van der Waals surface area contributed by atoms with E-state index in [4.69, 9.17) is 4.74 Å². The number of morpholine rings is 1. The fourth-order valence-corrected chi connectivity index (χ4v) is 2.55. The van der Waals surface area contributed by atoms with Crippen molar-refractivity contribution in [3.05, 3.63) is 66.0 Å². The van der Waals surface area contributed by atoms with Crippen LogP contribution in [0.15, 0.2) is 54.6 Å². The van der Waals surface area contributed by atoms with E-state index in [0.717, 1.165) is 5.69 Å². The molecule has 0 radical (unpaired) electrons. The first kappa shape index (κ1) is 16.1. The third-order valence-corrected chi connectivity index (χ3v) is 3.81. The van der Waals surface area contributed by atoms with Crippen molar-refractivity contribution in [1.29, 1.82) is 0 Å². The van der Waals surface area contributed by atoms with Crippen LogP contribution in [0.25, 0.3) is 0 Å². The standard InChI is InChI=1S/C18H17FN2O3/c19-16-9-5-4-8-15(16)18(23)20-10-14-11-21(17(22)12-24-14)13-6-2-1-3-7-13/h1-9,14H,10-12H2,(H,20,23). The first-order chi connectivity index (χ1) is 11.6. The molecule has 0 saturated carbocycles. The molecule has 1 saturated heterocycles. The Bertz CT molecular complexity index is 736. The zero-order valence-corrected chi connectivity index (χ0v) is 12.9. The summed E-state index contributed by atoms with van der Waals surface area (Å²) >= 11 is 0. The average Bonchev–Trinajstić information content (AvgIpc) is 2.62. The lowest BCUT2D eigenvalue weighted by Crippen LogP contribution is -2.50. The van der Waals surface area contributed by atoms with Crippen molar-refractivity contribution in [3.8, 4) is 0 Å². The van der Waals surface area contributed by atoms with Crippen LogP contribution < -0.4 is 10.2 Å². The van der Waals surface area contributed by atoms with E-state index in [-0.39, 0.29) is 30.7 Å². The molecule has 6 heteroatoms. The van der Waals surface area contributed by atoms with Gasteiger partial charge in [0.25, 0.3) is 11.8 Å². The molecule has 1 atom stereocenters. The largest absolute Gasteiger partial charge is 0.365 e. The summed E-state index contributed by atoms with van der Waals surface area (Å²) in [6, 6.07) is 15.1. The first-order valence-electron chi connectivity index (χ1n) is 7.65. The molecule has 0 bridgehead atoms. The van der Waals surface area contributed by atoms with Crippen molar-refractivity contribution >= 4 is 17.5 Å². The predicted molar refractivity (Wildman–Crippen MR) is 87.3 cm³/mol. The Balaban J connectivity index is 1.61. The molecule has 2 aromatic rings. The Labute approximate surface area is 139 Å². The molecular formula is C18H17FN2O3. The number of para-hydroxylation sites is 1. The van der Waals surface area contributed by atoms with Crippen LogP contribution >= 0.6 is 0 Å². The zero-order chi connectivity index (χ0) is 16.9. The van der Waals surface area contributed by atoms with Gasteiger partial charge in [-0.15, -0.1) is 0 Å². The van der Waals surface area contributed by atoms with Crippen molar-refractivity contribution in [1.82, 2.24) is 5.32 Å². The molecule has 1 N–H and O–H groups in total. The smallest absolute Gasteiger partial charge is 0.254 e. The van der Waals surface area contributed by atoms with Crippen LogP contribution in [0.2, 0.25) is 0 Å². The molecule has 1 aliphatic heterocycles. The fraction of sp³-hybridized carbons (Fsp3) is 0.222. The number of benzene rings is 2. The topological polar surface area (TPSA) is 58.6 Å². The minimum Gasteiger partial charge on any atom is -0.365 e. The van der Waals surface area contributed by atoms with E-state index in [0.29, 0.717) is 6.54 Å². The number of ether oxygens (including phenoxy) is 1. The van der Waals surface area contributed by atoms with Gasteiger partial charge in [-0.3, -0.25) is 9.59 Å².